The van der Waals surface area contributed by atoms with Crippen LogP contribution in [0.15, 0.2) is 36.4 Å². The lowest BCUT2D eigenvalue weighted by Gasteiger charge is -2.10. The van der Waals surface area contributed by atoms with Crippen molar-refractivity contribution in [3.05, 3.63) is 55.1 Å². The smallest absolute Gasteiger partial charge is 0.273 e. The molecule has 2 aromatic carbocycles. The summed E-state index contributed by atoms with van der Waals surface area (Å²) in [6, 6.07) is 10.2. The van der Waals surface area contributed by atoms with Gasteiger partial charge in [-0.3, -0.25) is 10.1 Å². The quantitative estimate of drug-likeness (QED) is 0.443. The van der Waals surface area contributed by atoms with Crippen LogP contribution in [-0.4, -0.2) is 12.0 Å². The van der Waals surface area contributed by atoms with E-state index >= 15 is 0 Å². The molecule has 0 aliphatic carbocycles. The molecule has 104 valence electrons. The van der Waals surface area contributed by atoms with Gasteiger partial charge in [0.1, 0.15) is 0 Å². The van der Waals surface area contributed by atoms with Crippen molar-refractivity contribution >= 4 is 56.9 Å². The Kier molecular flexibility index (Phi) is 4.66. The maximum absolute atomic E-state index is 10.9. The third kappa shape index (κ3) is 3.51. The van der Waals surface area contributed by atoms with Gasteiger partial charge in [0.15, 0.2) is 0 Å². The molecule has 0 saturated carbocycles. The highest BCUT2D eigenvalue weighted by molar-refractivity contribution is 14.1. The van der Waals surface area contributed by atoms with Crippen LogP contribution in [0.1, 0.15) is 0 Å². The second-order valence-corrected chi connectivity index (χ2v) is 5.62. The molecular formula is C13H11ClIN3O2. The lowest BCUT2D eigenvalue weighted by atomic mass is 10.2. The molecular weight excluding hydrogens is 393 g/mol. The number of nitrogens with one attached hydrogen (secondary N) is 2. The number of anilines is 3. The molecule has 2 aromatic rings. The van der Waals surface area contributed by atoms with Crippen LogP contribution in [0.25, 0.3) is 0 Å². The molecule has 0 heterocycles. The monoisotopic (exact) mass is 403 g/mol. The van der Waals surface area contributed by atoms with E-state index in [0.29, 0.717) is 16.4 Å². The van der Waals surface area contributed by atoms with Crippen LogP contribution in [0.5, 0.6) is 0 Å². The highest BCUT2D eigenvalue weighted by atomic mass is 127. The summed E-state index contributed by atoms with van der Waals surface area (Å²) in [6.45, 7) is 0. The van der Waals surface area contributed by atoms with Gasteiger partial charge >= 0.3 is 0 Å². The molecule has 0 saturated heterocycles. The maximum atomic E-state index is 10.9. The standard InChI is InChI=1S/C13H11ClIN3O2/c1-16-9-5-10(7-11(6-9)18(19)20)17-13-3-2-8(14)4-12(13)15/h2-7,16-17H,1H3. The van der Waals surface area contributed by atoms with Crippen molar-refractivity contribution in [2.75, 3.05) is 17.7 Å². The summed E-state index contributed by atoms with van der Waals surface area (Å²) in [6.07, 6.45) is 0. The minimum atomic E-state index is -0.418. The van der Waals surface area contributed by atoms with Crippen molar-refractivity contribution in [1.29, 1.82) is 0 Å². The number of nitro groups is 1. The first-order valence-corrected chi connectivity index (χ1v) is 7.14. The molecule has 0 aliphatic rings. The van der Waals surface area contributed by atoms with E-state index in [2.05, 4.69) is 33.2 Å². The fraction of sp³-hybridized carbons (Fsp3) is 0.0769. The fourth-order valence-corrected chi connectivity index (χ4v) is 2.69. The average Bonchev–Trinajstić information content (AvgIpc) is 2.41. The third-order valence-corrected chi connectivity index (χ3v) is 3.76. The number of benzene rings is 2. The Labute approximate surface area is 134 Å². The largest absolute Gasteiger partial charge is 0.388 e. The van der Waals surface area contributed by atoms with Crippen molar-refractivity contribution in [3.63, 3.8) is 0 Å². The van der Waals surface area contributed by atoms with Gasteiger partial charge in [-0.25, -0.2) is 0 Å². The van der Waals surface area contributed by atoms with Crippen LogP contribution in [0.3, 0.4) is 0 Å². The zero-order chi connectivity index (χ0) is 14.7. The minimum absolute atomic E-state index is 0.0309. The normalized spacial score (nSPS) is 10.2. The van der Waals surface area contributed by atoms with Crippen LogP contribution in [-0.2, 0) is 0 Å². The van der Waals surface area contributed by atoms with Crippen LogP contribution in [0.2, 0.25) is 5.02 Å². The molecule has 0 aliphatic heterocycles. The summed E-state index contributed by atoms with van der Waals surface area (Å²) in [7, 11) is 1.72. The highest BCUT2D eigenvalue weighted by Crippen LogP contribution is 2.29. The van der Waals surface area contributed by atoms with Crippen molar-refractivity contribution < 1.29 is 4.92 Å². The molecule has 0 amide bonds. The van der Waals surface area contributed by atoms with Crippen molar-refractivity contribution in [3.8, 4) is 0 Å². The number of non-ortho nitro benzene ring substituents is 1. The predicted molar refractivity (Wildman–Crippen MR) is 90.1 cm³/mol. The molecule has 0 unspecified atom stereocenters. The summed E-state index contributed by atoms with van der Waals surface area (Å²) >= 11 is 8.06. The van der Waals surface area contributed by atoms with Crippen molar-refractivity contribution in [2.24, 2.45) is 0 Å². The maximum Gasteiger partial charge on any atom is 0.273 e. The van der Waals surface area contributed by atoms with E-state index in [1.165, 1.54) is 12.1 Å². The van der Waals surface area contributed by atoms with Crippen molar-refractivity contribution in [1.82, 2.24) is 0 Å². The average molecular weight is 404 g/mol. The second-order valence-electron chi connectivity index (χ2n) is 4.02. The molecule has 2 rings (SSSR count). The fourth-order valence-electron chi connectivity index (χ4n) is 1.68. The minimum Gasteiger partial charge on any atom is -0.388 e. The summed E-state index contributed by atoms with van der Waals surface area (Å²) < 4.78 is 0.938. The van der Waals surface area contributed by atoms with Crippen LogP contribution >= 0.6 is 34.2 Å². The Morgan fingerprint density at radius 3 is 2.50 bits per heavy atom. The molecule has 0 atom stereocenters. The van der Waals surface area contributed by atoms with E-state index < -0.39 is 4.92 Å². The molecule has 0 aromatic heterocycles. The van der Waals surface area contributed by atoms with Gasteiger partial charge in [-0.2, -0.15) is 0 Å². The molecule has 20 heavy (non-hydrogen) atoms. The predicted octanol–water partition coefficient (Wildman–Crippen LogP) is 4.64. The van der Waals surface area contributed by atoms with Gasteiger partial charge in [0.25, 0.3) is 5.69 Å². The Morgan fingerprint density at radius 2 is 1.90 bits per heavy atom. The highest BCUT2D eigenvalue weighted by Gasteiger charge is 2.10. The second kappa shape index (κ2) is 6.27. The third-order valence-electron chi connectivity index (χ3n) is 2.63. The van der Waals surface area contributed by atoms with Gasteiger partial charge in [0.05, 0.1) is 10.6 Å². The zero-order valence-corrected chi connectivity index (χ0v) is 13.4. The van der Waals surface area contributed by atoms with E-state index in [4.69, 9.17) is 11.6 Å². The van der Waals surface area contributed by atoms with Gasteiger partial charge in [0.2, 0.25) is 0 Å². The van der Waals surface area contributed by atoms with E-state index in [1.807, 2.05) is 12.1 Å². The number of halogens is 2. The van der Waals surface area contributed by atoms with Gasteiger partial charge in [0, 0.05) is 39.1 Å². The van der Waals surface area contributed by atoms with Crippen LogP contribution < -0.4 is 10.6 Å². The summed E-state index contributed by atoms with van der Waals surface area (Å²) in [5.41, 5.74) is 2.19. The molecule has 2 N–H and O–H groups in total. The van der Waals surface area contributed by atoms with E-state index in [-0.39, 0.29) is 5.69 Å². The Morgan fingerprint density at radius 1 is 1.20 bits per heavy atom. The number of nitro benzene ring substituents is 1. The van der Waals surface area contributed by atoms with Crippen LogP contribution in [0, 0.1) is 13.7 Å². The Bertz CT molecular complexity index is 664. The summed E-state index contributed by atoms with van der Waals surface area (Å²) in [5, 5.41) is 17.6. The van der Waals surface area contributed by atoms with Crippen LogP contribution in [0.4, 0.5) is 22.7 Å². The first-order chi connectivity index (χ1) is 9.49. The Hall–Kier alpha value is -1.54. The van der Waals surface area contributed by atoms with E-state index in [0.717, 1.165) is 9.26 Å². The molecule has 5 nitrogen and oxygen atoms in total. The van der Waals surface area contributed by atoms with Gasteiger partial charge in [-0.15, -0.1) is 0 Å². The number of hydrogen-bond donors (Lipinski definition) is 2. The van der Waals surface area contributed by atoms with E-state index in [9.17, 15) is 10.1 Å². The molecule has 0 radical (unpaired) electrons. The van der Waals surface area contributed by atoms with Gasteiger partial charge in [-0.1, -0.05) is 11.6 Å². The summed E-state index contributed by atoms with van der Waals surface area (Å²) in [4.78, 5) is 10.5. The lowest BCUT2D eigenvalue weighted by molar-refractivity contribution is -0.384. The van der Waals surface area contributed by atoms with Gasteiger partial charge < -0.3 is 10.6 Å². The Balaban J connectivity index is 2.37. The molecule has 0 spiro atoms. The topological polar surface area (TPSA) is 67.2 Å². The first-order valence-electron chi connectivity index (χ1n) is 5.69. The summed E-state index contributed by atoms with van der Waals surface area (Å²) in [5.74, 6) is 0. The molecule has 0 fully saturated rings. The number of nitrogens with zero attached hydrogens (tertiary/aromatic N) is 1. The molecule has 0 bridgehead atoms. The molecule has 7 heteroatoms. The number of rotatable bonds is 4. The van der Waals surface area contributed by atoms with E-state index in [1.54, 1.807) is 19.2 Å². The zero-order valence-electron chi connectivity index (χ0n) is 10.5. The van der Waals surface area contributed by atoms with Gasteiger partial charge in [-0.05, 0) is 46.9 Å². The lowest BCUT2D eigenvalue weighted by Crippen LogP contribution is -1.97. The SMILES string of the molecule is CNc1cc(Nc2ccc(Cl)cc2I)cc([N+](=O)[O-])c1. The van der Waals surface area contributed by atoms with Crippen molar-refractivity contribution in [2.45, 2.75) is 0 Å². The first kappa shape index (κ1) is 14.9. The number of hydrogen-bond acceptors (Lipinski definition) is 4.